The number of rotatable bonds is 7. The number of hydrogen-bond acceptors (Lipinski definition) is 3. The molecule has 1 aliphatic rings. The van der Waals surface area contributed by atoms with Crippen LogP contribution >= 0.6 is 0 Å². The Morgan fingerprint density at radius 1 is 1.17 bits per heavy atom. The predicted molar refractivity (Wildman–Crippen MR) is 74.7 cm³/mol. The van der Waals surface area contributed by atoms with Crippen LogP contribution in [0.1, 0.15) is 18.4 Å². The van der Waals surface area contributed by atoms with E-state index in [-0.39, 0.29) is 12.6 Å². The SMILES string of the molecule is OCC(Cc1ccccc1)NCCN1CCCC1. The molecule has 0 radical (unpaired) electrons. The van der Waals surface area contributed by atoms with Crippen molar-refractivity contribution >= 4 is 0 Å². The number of aliphatic hydroxyl groups excluding tert-OH is 1. The highest BCUT2D eigenvalue weighted by Gasteiger charge is 2.12. The first-order valence-electron chi connectivity index (χ1n) is 6.99. The van der Waals surface area contributed by atoms with Crippen molar-refractivity contribution in [1.82, 2.24) is 10.2 Å². The Balaban J connectivity index is 1.68. The molecule has 3 nitrogen and oxygen atoms in total. The standard InChI is InChI=1S/C15H24N2O/c18-13-15(12-14-6-2-1-3-7-14)16-8-11-17-9-4-5-10-17/h1-3,6-7,15-16,18H,4-5,8-13H2. The van der Waals surface area contributed by atoms with Gasteiger partial charge in [-0.15, -0.1) is 0 Å². The number of nitrogens with zero attached hydrogens (tertiary/aromatic N) is 1. The molecule has 2 rings (SSSR count). The molecular formula is C15H24N2O. The van der Waals surface area contributed by atoms with Gasteiger partial charge in [-0.05, 0) is 37.9 Å². The Morgan fingerprint density at radius 2 is 1.89 bits per heavy atom. The lowest BCUT2D eigenvalue weighted by Crippen LogP contribution is -2.39. The second-order valence-corrected chi connectivity index (χ2v) is 5.07. The van der Waals surface area contributed by atoms with Gasteiger partial charge in [0.2, 0.25) is 0 Å². The summed E-state index contributed by atoms with van der Waals surface area (Å²) in [6, 6.07) is 10.5. The van der Waals surface area contributed by atoms with Gasteiger partial charge in [-0.2, -0.15) is 0 Å². The van der Waals surface area contributed by atoms with Crippen molar-refractivity contribution < 1.29 is 5.11 Å². The van der Waals surface area contributed by atoms with Crippen LogP contribution in [-0.4, -0.2) is 48.8 Å². The number of benzene rings is 1. The Hall–Kier alpha value is -0.900. The molecule has 2 N–H and O–H groups in total. The van der Waals surface area contributed by atoms with Crippen LogP contribution in [0, 0.1) is 0 Å². The minimum atomic E-state index is 0.176. The van der Waals surface area contributed by atoms with Gasteiger partial charge < -0.3 is 15.3 Å². The van der Waals surface area contributed by atoms with E-state index in [2.05, 4.69) is 22.3 Å². The summed E-state index contributed by atoms with van der Waals surface area (Å²) < 4.78 is 0. The summed E-state index contributed by atoms with van der Waals surface area (Å²) in [4.78, 5) is 2.49. The zero-order valence-electron chi connectivity index (χ0n) is 11.0. The first-order chi connectivity index (χ1) is 8.88. The lowest BCUT2D eigenvalue weighted by atomic mass is 10.1. The van der Waals surface area contributed by atoms with Gasteiger partial charge >= 0.3 is 0 Å². The van der Waals surface area contributed by atoms with Crippen LogP contribution in [0.4, 0.5) is 0 Å². The molecular weight excluding hydrogens is 224 g/mol. The van der Waals surface area contributed by atoms with E-state index in [1.54, 1.807) is 0 Å². The molecule has 1 aromatic carbocycles. The molecule has 3 heteroatoms. The third-order valence-corrected chi connectivity index (χ3v) is 3.61. The van der Waals surface area contributed by atoms with Crippen molar-refractivity contribution in [3.05, 3.63) is 35.9 Å². The zero-order valence-corrected chi connectivity index (χ0v) is 11.0. The molecule has 0 amide bonds. The van der Waals surface area contributed by atoms with Gasteiger partial charge in [0.1, 0.15) is 0 Å². The van der Waals surface area contributed by atoms with Gasteiger partial charge in [0.05, 0.1) is 6.61 Å². The van der Waals surface area contributed by atoms with Crippen LogP contribution in [0.15, 0.2) is 30.3 Å². The molecule has 1 heterocycles. The lowest BCUT2D eigenvalue weighted by Gasteiger charge is -2.19. The third-order valence-electron chi connectivity index (χ3n) is 3.61. The van der Waals surface area contributed by atoms with Gasteiger partial charge in [0.15, 0.2) is 0 Å². The minimum absolute atomic E-state index is 0.176. The highest BCUT2D eigenvalue weighted by atomic mass is 16.3. The highest BCUT2D eigenvalue weighted by molar-refractivity contribution is 5.15. The Kier molecular flexibility index (Phi) is 5.65. The van der Waals surface area contributed by atoms with Crippen molar-refractivity contribution in [2.75, 3.05) is 32.8 Å². The van der Waals surface area contributed by atoms with Crippen LogP contribution < -0.4 is 5.32 Å². The van der Waals surface area contributed by atoms with E-state index in [4.69, 9.17) is 0 Å². The van der Waals surface area contributed by atoms with Gasteiger partial charge in [-0.1, -0.05) is 30.3 Å². The maximum Gasteiger partial charge on any atom is 0.0587 e. The minimum Gasteiger partial charge on any atom is -0.395 e. The van der Waals surface area contributed by atoms with E-state index in [0.717, 1.165) is 19.5 Å². The van der Waals surface area contributed by atoms with Crippen molar-refractivity contribution in [2.24, 2.45) is 0 Å². The summed E-state index contributed by atoms with van der Waals surface area (Å²) in [6.45, 7) is 4.76. The first-order valence-corrected chi connectivity index (χ1v) is 6.99. The van der Waals surface area contributed by atoms with Gasteiger partial charge in [-0.25, -0.2) is 0 Å². The fourth-order valence-electron chi connectivity index (χ4n) is 2.53. The Labute approximate surface area is 110 Å². The molecule has 100 valence electrons. The lowest BCUT2D eigenvalue weighted by molar-refractivity contribution is 0.234. The maximum absolute atomic E-state index is 9.40. The van der Waals surface area contributed by atoms with Crippen molar-refractivity contribution in [1.29, 1.82) is 0 Å². The average molecular weight is 248 g/mol. The summed E-state index contributed by atoms with van der Waals surface area (Å²) >= 11 is 0. The second kappa shape index (κ2) is 7.52. The van der Waals surface area contributed by atoms with Crippen LogP contribution in [0.2, 0.25) is 0 Å². The van der Waals surface area contributed by atoms with Crippen LogP contribution in [0.5, 0.6) is 0 Å². The Bertz CT molecular complexity index is 323. The molecule has 18 heavy (non-hydrogen) atoms. The van der Waals surface area contributed by atoms with Crippen molar-refractivity contribution in [3.63, 3.8) is 0 Å². The van der Waals surface area contributed by atoms with Crippen LogP contribution in [0.25, 0.3) is 0 Å². The highest BCUT2D eigenvalue weighted by Crippen LogP contribution is 2.06. The maximum atomic E-state index is 9.40. The number of nitrogens with one attached hydrogen (secondary N) is 1. The van der Waals surface area contributed by atoms with Crippen LogP contribution in [-0.2, 0) is 6.42 Å². The van der Waals surface area contributed by atoms with E-state index >= 15 is 0 Å². The third kappa shape index (κ3) is 4.41. The van der Waals surface area contributed by atoms with E-state index in [9.17, 15) is 5.11 Å². The van der Waals surface area contributed by atoms with Crippen molar-refractivity contribution in [2.45, 2.75) is 25.3 Å². The smallest absolute Gasteiger partial charge is 0.0587 e. The fraction of sp³-hybridized carbons (Fsp3) is 0.600. The fourth-order valence-corrected chi connectivity index (χ4v) is 2.53. The normalized spacial score (nSPS) is 18.1. The van der Waals surface area contributed by atoms with Gasteiger partial charge in [0, 0.05) is 19.1 Å². The molecule has 1 aliphatic heterocycles. The van der Waals surface area contributed by atoms with E-state index in [1.807, 2.05) is 18.2 Å². The van der Waals surface area contributed by atoms with E-state index in [1.165, 1.54) is 31.5 Å². The molecule has 1 unspecified atom stereocenters. The summed E-state index contributed by atoms with van der Waals surface area (Å²) in [7, 11) is 0. The average Bonchev–Trinajstić information content (AvgIpc) is 2.92. The molecule has 1 fully saturated rings. The molecule has 0 spiro atoms. The van der Waals surface area contributed by atoms with Gasteiger partial charge in [-0.3, -0.25) is 0 Å². The van der Waals surface area contributed by atoms with Crippen molar-refractivity contribution in [3.8, 4) is 0 Å². The molecule has 1 aromatic rings. The zero-order chi connectivity index (χ0) is 12.6. The molecule has 0 aromatic heterocycles. The first kappa shape index (κ1) is 13.5. The number of likely N-dealkylation sites (tertiary alicyclic amines) is 1. The van der Waals surface area contributed by atoms with E-state index < -0.39 is 0 Å². The second-order valence-electron chi connectivity index (χ2n) is 5.07. The topological polar surface area (TPSA) is 35.5 Å². The quantitative estimate of drug-likeness (QED) is 0.763. The predicted octanol–water partition coefficient (Wildman–Crippen LogP) is 1.28. The summed E-state index contributed by atoms with van der Waals surface area (Å²) in [6.07, 6.45) is 3.58. The molecule has 0 saturated carbocycles. The van der Waals surface area contributed by atoms with Crippen LogP contribution in [0.3, 0.4) is 0 Å². The van der Waals surface area contributed by atoms with Gasteiger partial charge in [0.25, 0.3) is 0 Å². The largest absolute Gasteiger partial charge is 0.395 e. The summed E-state index contributed by atoms with van der Waals surface area (Å²) in [5.74, 6) is 0. The molecule has 0 aliphatic carbocycles. The summed E-state index contributed by atoms with van der Waals surface area (Å²) in [5, 5.41) is 12.9. The number of aliphatic hydroxyl groups is 1. The molecule has 1 atom stereocenters. The molecule has 0 bridgehead atoms. The summed E-state index contributed by atoms with van der Waals surface area (Å²) in [5.41, 5.74) is 1.28. The Morgan fingerprint density at radius 3 is 2.56 bits per heavy atom. The molecule has 1 saturated heterocycles. The van der Waals surface area contributed by atoms with E-state index in [0.29, 0.717) is 0 Å². The number of hydrogen-bond donors (Lipinski definition) is 2. The monoisotopic (exact) mass is 248 g/mol.